The number of hydrogen-bond donors (Lipinski definition) is 1. The first-order chi connectivity index (χ1) is 11.6. The van der Waals surface area contributed by atoms with Gasteiger partial charge in [0, 0.05) is 10.9 Å². The predicted octanol–water partition coefficient (Wildman–Crippen LogP) is 2.96. The molecule has 1 aliphatic rings. The number of benzene rings is 1. The van der Waals surface area contributed by atoms with Crippen molar-refractivity contribution in [3.63, 3.8) is 0 Å². The van der Waals surface area contributed by atoms with Crippen molar-refractivity contribution in [1.29, 1.82) is 0 Å². The van der Waals surface area contributed by atoms with Crippen LogP contribution in [0.3, 0.4) is 0 Å². The van der Waals surface area contributed by atoms with Crippen LogP contribution < -0.4 is 10.1 Å². The van der Waals surface area contributed by atoms with E-state index in [9.17, 15) is 9.59 Å². The largest absolute Gasteiger partial charge is 0.497 e. The monoisotopic (exact) mass is 346 g/mol. The van der Waals surface area contributed by atoms with Crippen LogP contribution in [0.1, 0.15) is 13.3 Å². The molecule has 24 heavy (non-hydrogen) atoms. The number of carbonyl (C=O) groups excluding carboxylic acids is 2. The lowest BCUT2D eigenvalue weighted by Crippen LogP contribution is -2.21. The Balaban J connectivity index is 1.53. The number of nitrogens with one attached hydrogen (secondary N) is 1. The van der Waals surface area contributed by atoms with E-state index in [0.29, 0.717) is 11.0 Å². The second kappa shape index (κ2) is 7.00. The molecule has 1 saturated carbocycles. The smallest absolute Gasteiger partial charge is 0.309 e. The number of thiazole rings is 1. The average Bonchev–Trinajstić information content (AvgIpc) is 3.15. The van der Waals surface area contributed by atoms with Crippen molar-refractivity contribution in [2.24, 2.45) is 11.8 Å². The molecule has 0 saturated heterocycles. The molecule has 2 atom stereocenters. The van der Waals surface area contributed by atoms with Crippen LogP contribution in [0.25, 0.3) is 11.3 Å². The highest BCUT2D eigenvalue weighted by Crippen LogP contribution is 2.38. The van der Waals surface area contributed by atoms with E-state index in [0.717, 1.165) is 23.4 Å². The Morgan fingerprint density at radius 3 is 2.67 bits per heavy atom. The summed E-state index contributed by atoms with van der Waals surface area (Å²) in [6.45, 7) is 1.71. The van der Waals surface area contributed by atoms with Gasteiger partial charge in [-0.1, -0.05) is 6.92 Å². The molecule has 126 valence electrons. The van der Waals surface area contributed by atoms with E-state index < -0.39 is 0 Å². The molecule has 1 aromatic heterocycles. The van der Waals surface area contributed by atoms with Crippen LogP contribution in [0.4, 0.5) is 5.13 Å². The molecule has 0 bridgehead atoms. The fourth-order valence-electron chi connectivity index (χ4n) is 2.28. The Hall–Kier alpha value is -2.41. The molecule has 2 unspecified atom stereocenters. The van der Waals surface area contributed by atoms with Gasteiger partial charge in [-0.3, -0.25) is 14.9 Å². The van der Waals surface area contributed by atoms with E-state index in [2.05, 4.69) is 10.3 Å². The highest BCUT2D eigenvalue weighted by molar-refractivity contribution is 7.14. The van der Waals surface area contributed by atoms with Gasteiger partial charge in [0.2, 0.25) is 0 Å². The molecule has 0 radical (unpaired) electrons. The van der Waals surface area contributed by atoms with Crippen molar-refractivity contribution in [1.82, 2.24) is 4.98 Å². The van der Waals surface area contributed by atoms with E-state index in [4.69, 9.17) is 9.47 Å². The fraction of sp³-hybridized carbons (Fsp3) is 0.353. The summed E-state index contributed by atoms with van der Waals surface area (Å²) in [4.78, 5) is 27.8. The lowest BCUT2D eigenvalue weighted by molar-refractivity contribution is -0.148. The molecule has 7 heteroatoms. The third kappa shape index (κ3) is 3.91. The van der Waals surface area contributed by atoms with Crippen LogP contribution in [0.15, 0.2) is 29.6 Å². The maximum atomic E-state index is 11.8. The first-order valence-electron chi connectivity index (χ1n) is 7.63. The molecule has 1 N–H and O–H groups in total. The van der Waals surface area contributed by atoms with Gasteiger partial charge in [-0.25, -0.2) is 4.98 Å². The summed E-state index contributed by atoms with van der Waals surface area (Å²) in [5.41, 5.74) is 1.70. The summed E-state index contributed by atoms with van der Waals surface area (Å²) in [6, 6.07) is 7.51. The van der Waals surface area contributed by atoms with Gasteiger partial charge in [0.1, 0.15) is 5.75 Å². The Labute approximate surface area is 143 Å². The van der Waals surface area contributed by atoms with Crippen LogP contribution in [0, 0.1) is 11.8 Å². The van der Waals surface area contributed by atoms with Gasteiger partial charge in [-0.15, -0.1) is 11.3 Å². The number of anilines is 1. The number of ether oxygens (including phenoxy) is 2. The third-order valence-corrected chi connectivity index (χ3v) is 4.65. The zero-order valence-corrected chi connectivity index (χ0v) is 14.3. The number of rotatable bonds is 6. The minimum atomic E-state index is -0.382. The zero-order chi connectivity index (χ0) is 17.1. The molecule has 0 aliphatic heterocycles. The molecular weight excluding hydrogens is 328 g/mol. The van der Waals surface area contributed by atoms with Crippen LogP contribution in [0.2, 0.25) is 0 Å². The molecule has 2 aromatic rings. The molecule has 0 spiro atoms. The predicted molar refractivity (Wildman–Crippen MR) is 91.0 cm³/mol. The molecule has 1 aromatic carbocycles. The quantitative estimate of drug-likeness (QED) is 0.814. The summed E-state index contributed by atoms with van der Waals surface area (Å²) in [5.74, 6) is 0.420. The molecule has 1 heterocycles. The van der Waals surface area contributed by atoms with Gasteiger partial charge in [0.25, 0.3) is 5.91 Å². The average molecular weight is 346 g/mol. The third-order valence-electron chi connectivity index (χ3n) is 3.89. The summed E-state index contributed by atoms with van der Waals surface area (Å²) < 4.78 is 10.1. The van der Waals surface area contributed by atoms with Crippen LogP contribution in [-0.2, 0) is 14.3 Å². The zero-order valence-electron chi connectivity index (χ0n) is 13.4. The van der Waals surface area contributed by atoms with E-state index in [1.54, 1.807) is 7.11 Å². The second-order valence-electron chi connectivity index (χ2n) is 5.74. The topological polar surface area (TPSA) is 77.5 Å². The lowest BCUT2D eigenvalue weighted by atomic mass is 10.2. The number of nitrogens with zero attached hydrogens (tertiary/aromatic N) is 1. The standard InChI is InChI=1S/C17H18N2O4S/c1-10-7-13(10)16(21)23-8-15(20)19-17-18-14(9-24-17)11-3-5-12(22-2)6-4-11/h3-6,9-10,13H,7-8H2,1-2H3,(H,18,19,20). The van der Waals surface area contributed by atoms with Crippen LogP contribution in [-0.4, -0.2) is 30.6 Å². The highest BCUT2D eigenvalue weighted by Gasteiger charge is 2.40. The highest BCUT2D eigenvalue weighted by atomic mass is 32.1. The maximum absolute atomic E-state index is 11.8. The Morgan fingerprint density at radius 1 is 1.33 bits per heavy atom. The van der Waals surface area contributed by atoms with Gasteiger partial charge in [-0.05, 0) is 36.6 Å². The SMILES string of the molecule is COc1ccc(-c2csc(NC(=O)COC(=O)C3CC3C)n2)cc1. The Kier molecular flexibility index (Phi) is 4.80. The van der Waals surface area contributed by atoms with Crippen molar-refractivity contribution in [2.75, 3.05) is 19.0 Å². The molecule has 1 aliphatic carbocycles. The molecule has 1 fully saturated rings. The minimum Gasteiger partial charge on any atom is -0.497 e. The number of aromatic nitrogens is 1. The van der Waals surface area contributed by atoms with Crippen LogP contribution in [0.5, 0.6) is 5.75 Å². The molecule has 1 amide bonds. The summed E-state index contributed by atoms with van der Waals surface area (Å²) in [6.07, 6.45) is 0.845. The molecular formula is C17H18N2O4S. The number of carbonyl (C=O) groups is 2. The Morgan fingerprint density at radius 2 is 2.04 bits per heavy atom. The van der Waals surface area contributed by atoms with Gasteiger partial charge < -0.3 is 9.47 Å². The number of hydrogen-bond acceptors (Lipinski definition) is 6. The Bertz CT molecular complexity index is 741. The fourth-order valence-corrected chi connectivity index (χ4v) is 3.01. The van der Waals surface area contributed by atoms with Gasteiger partial charge in [0.15, 0.2) is 11.7 Å². The van der Waals surface area contributed by atoms with Crippen molar-refractivity contribution < 1.29 is 19.1 Å². The van der Waals surface area contributed by atoms with Crippen molar-refractivity contribution in [2.45, 2.75) is 13.3 Å². The van der Waals surface area contributed by atoms with E-state index in [1.165, 1.54) is 11.3 Å². The van der Waals surface area contributed by atoms with E-state index in [-0.39, 0.29) is 24.4 Å². The maximum Gasteiger partial charge on any atom is 0.309 e. The first kappa shape index (κ1) is 16.4. The van der Waals surface area contributed by atoms with E-state index in [1.807, 2.05) is 36.6 Å². The van der Waals surface area contributed by atoms with Gasteiger partial charge in [0.05, 0.1) is 18.7 Å². The number of amides is 1. The summed E-state index contributed by atoms with van der Waals surface area (Å²) >= 11 is 1.32. The van der Waals surface area contributed by atoms with E-state index >= 15 is 0 Å². The normalized spacial score (nSPS) is 18.8. The van der Waals surface area contributed by atoms with Crippen molar-refractivity contribution in [3.8, 4) is 17.0 Å². The lowest BCUT2D eigenvalue weighted by Gasteiger charge is -2.04. The van der Waals surface area contributed by atoms with Crippen LogP contribution >= 0.6 is 11.3 Å². The molecule has 6 nitrogen and oxygen atoms in total. The van der Waals surface area contributed by atoms with Gasteiger partial charge >= 0.3 is 5.97 Å². The summed E-state index contributed by atoms with van der Waals surface area (Å²) in [5, 5.41) is 4.98. The number of esters is 1. The number of methoxy groups -OCH3 is 1. The summed E-state index contributed by atoms with van der Waals surface area (Å²) in [7, 11) is 1.61. The van der Waals surface area contributed by atoms with Crippen molar-refractivity contribution >= 4 is 28.3 Å². The minimum absolute atomic E-state index is 0.0423. The first-order valence-corrected chi connectivity index (χ1v) is 8.51. The van der Waals surface area contributed by atoms with Crippen molar-refractivity contribution in [3.05, 3.63) is 29.6 Å². The second-order valence-corrected chi connectivity index (χ2v) is 6.60. The van der Waals surface area contributed by atoms with Gasteiger partial charge in [-0.2, -0.15) is 0 Å². The molecule has 3 rings (SSSR count).